The van der Waals surface area contributed by atoms with E-state index in [1.54, 1.807) is 0 Å². The molecule has 3 heteroatoms. The first kappa shape index (κ1) is 8.59. The predicted molar refractivity (Wildman–Crippen MR) is 49.2 cm³/mol. The van der Waals surface area contributed by atoms with Gasteiger partial charge in [0.25, 0.3) is 0 Å². The molecule has 1 aromatic rings. The van der Waals surface area contributed by atoms with Crippen molar-refractivity contribution in [3.8, 4) is 0 Å². The summed E-state index contributed by atoms with van der Waals surface area (Å²) in [7, 11) is 0. The minimum Gasteiger partial charge on any atom is -0.313 e. The molecular formula is C9H11N3. The second kappa shape index (κ2) is 4.38. The second-order valence-corrected chi connectivity index (χ2v) is 2.44. The molecule has 0 radical (unpaired) electrons. The molecule has 1 rings (SSSR count). The number of pyridine rings is 1. The average Bonchev–Trinajstić information content (AvgIpc) is 2.06. The van der Waals surface area contributed by atoms with Crippen molar-refractivity contribution in [3.05, 3.63) is 29.6 Å². The van der Waals surface area contributed by atoms with E-state index in [-0.39, 0.29) is 0 Å². The van der Waals surface area contributed by atoms with E-state index in [0.29, 0.717) is 12.8 Å². The van der Waals surface area contributed by atoms with Gasteiger partial charge in [0.2, 0.25) is 0 Å². The van der Waals surface area contributed by atoms with Crippen LogP contribution < -0.4 is 0 Å². The van der Waals surface area contributed by atoms with Crippen LogP contribution in [0.2, 0.25) is 0 Å². The molecule has 0 aliphatic carbocycles. The molecule has 62 valence electrons. The van der Waals surface area contributed by atoms with Crippen LogP contribution in [0, 0.1) is 10.8 Å². The minimum absolute atomic E-state index is 0.575. The number of hydrogen-bond donors (Lipinski definition) is 2. The summed E-state index contributed by atoms with van der Waals surface area (Å²) in [4.78, 5) is 4.25. The van der Waals surface area contributed by atoms with Crippen molar-refractivity contribution in [1.29, 1.82) is 10.8 Å². The number of nitrogens with zero attached hydrogens (tertiary/aromatic N) is 1. The molecule has 0 aromatic carbocycles. The molecule has 2 N–H and O–H groups in total. The van der Waals surface area contributed by atoms with Crippen molar-refractivity contribution < 1.29 is 0 Å². The summed E-state index contributed by atoms with van der Waals surface area (Å²) in [6.45, 7) is 0. The maximum Gasteiger partial charge on any atom is 0.0460 e. The van der Waals surface area contributed by atoms with E-state index in [1.807, 2.05) is 18.2 Å². The van der Waals surface area contributed by atoms with Gasteiger partial charge < -0.3 is 10.8 Å². The Kier molecular flexibility index (Phi) is 3.14. The predicted octanol–water partition coefficient (Wildman–Crippen LogP) is 1.47. The Balaban J connectivity index is 2.79. The molecule has 0 aliphatic heterocycles. The maximum atomic E-state index is 6.90. The van der Waals surface area contributed by atoms with Gasteiger partial charge in [-0.25, -0.2) is 0 Å². The molecule has 0 saturated heterocycles. The van der Waals surface area contributed by atoms with Crippen LogP contribution in [0.5, 0.6) is 0 Å². The summed E-state index contributed by atoms with van der Waals surface area (Å²) in [6, 6.07) is 5.68. The Morgan fingerprint density at radius 1 is 1.08 bits per heavy atom. The Morgan fingerprint density at radius 3 is 2.00 bits per heavy atom. The SMILES string of the molecule is N=CCc1cccc(CC=N)n1. The number of rotatable bonds is 4. The van der Waals surface area contributed by atoms with Crippen LogP contribution in [0.1, 0.15) is 11.4 Å². The molecule has 12 heavy (non-hydrogen) atoms. The molecular weight excluding hydrogens is 150 g/mol. The van der Waals surface area contributed by atoms with Gasteiger partial charge >= 0.3 is 0 Å². The van der Waals surface area contributed by atoms with Crippen molar-refractivity contribution in [1.82, 2.24) is 4.98 Å². The third kappa shape index (κ3) is 2.27. The highest BCUT2D eigenvalue weighted by molar-refractivity contribution is 5.58. The molecule has 0 spiro atoms. The first-order valence-electron chi connectivity index (χ1n) is 3.79. The Hall–Kier alpha value is -1.51. The highest BCUT2D eigenvalue weighted by Crippen LogP contribution is 1.99. The Bertz CT molecular complexity index is 256. The fraction of sp³-hybridized carbons (Fsp3) is 0.222. The van der Waals surface area contributed by atoms with E-state index in [1.165, 1.54) is 12.4 Å². The topological polar surface area (TPSA) is 60.6 Å². The van der Waals surface area contributed by atoms with E-state index in [0.717, 1.165) is 11.4 Å². The van der Waals surface area contributed by atoms with Crippen molar-refractivity contribution >= 4 is 12.4 Å². The minimum atomic E-state index is 0.575. The van der Waals surface area contributed by atoms with Crippen LogP contribution in [0.15, 0.2) is 18.2 Å². The number of hydrogen-bond acceptors (Lipinski definition) is 3. The fourth-order valence-electron chi connectivity index (χ4n) is 0.966. The second-order valence-electron chi connectivity index (χ2n) is 2.44. The molecule has 1 aromatic heterocycles. The van der Waals surface area contributed by atoms with Crippen molar-refractivity contribution in [2.24, 2.45) is 0 Å². The average molecular weight is 161 g/mol. The summed E-state index contributed by atoms with van der Waals surface area (Å²) in [5, 5.41) is 13.8. The van der Waals surface area contributed by atoms with Crippen LogP contribution in [0.25, 0.3) is 0 Å². The first-order chi connectivity index (χ1) is 5.86. The standard InChI is InChI=1S/C9H11N3/c10-6-4-8-2-1-3-9(12-8)5-7-11/h1-3,6-7,10-11H,4-5H2. The van der Waals surface area contributed by atoms with Gasteiger partial charge in [-0.2, -0.15) is 0 Å². The van der Waals surface area contributed by atoms with Crippen LogP contribution in [0.3, 0.4) is 0 Å². The largest absolute Gasteiger partial charge is 0.313 e. The summed E-state index contributed by atoms with van der Waals surface area (Å²) in [5.74, 6) is 0. The van der Waals surface area contributed by atoms with Crippen molar-refractivity contribution in [3.63, 3.8) is 0 Å². The normalized spacial score (nSPS) is 9.33. The van der Waals surface area contributed by atoms with Crippen LogP contribution >= 0.6 is 0 Å². The lowest BCUT2D eigenvalue weighted by atomic mass is 10.2. The summed E-state index contributed by atoms with van der Waals surface area (Å²) < 4.78 is 0. The third-order valence-electron chi connectivity index (χ3n) is 1.49. The van der Waals surface area contributed by atoms with E-state index in [2.05, 4.69) is 4.98 Å². The number of aromatic nitrogens is 1. The summed E-state index contributed by atoms with van der Waals surface area (Å²) in [5.41, 5.74) is 1.79. The highest BCUT2D eigenvalue weighted by Gasteiger charge is 1.94. The smallest absolute Gasteiger partial charge is 0.0460 e. The van der Waals surface area contributed by atoms with E-state index in [4.69, 9.17) is 10.8 Å². The molecule has 0 saturated carbocycles. The Morgan fingerprint density at radius 2 is 1.58 bits per heavy atom. The lowest BCUT2D eigenvalue weighted by molar-refractivity contribution is 1.06. The summed E-state index contributed by atoms with van der Waals surface area (Å²) >= 11 is 0. The first-order valence-corrected chi connectivity index (χ1v) is 3.79. The highest BCUT2D eigenvalue weighted by atomic mass is 14.7. The van der Waals surface area contributed by atoms with Gasteiger partial charge in [-0.3, -0.25) is 4.98 Å². The molecule has 3 nitrogen and oxygen atoms in total. The zero-order valence-corrected chi connectivity index (χ0v) is 6.75. The summed E-state index contributed by atoms with van der Waals surface area (Å²) in [6.07, 6.45) is 3.81. The van der Waals surface area contributed by atoms with Gasteiger partial charge in [0, 0.05) is 36.7 Å². The molecule has 0 aliphatic rings. The zero-order chi connectivity index (χ0) is 8.81. The third-order valence-corrected chi connectivity index (χ3v) is 1.49. The lowest BCUT2D eigenvalue weighted by Crippen LogP contribution is -1.96. The fourth-order valence-corrected chi connectivity index (χ4v) is 0.966. The quantitative estimate of drug-likeness (QED) is 0.645. The maximum absolute atomic E-state index is 6.90. The molecule has 0 unspecified atom stereocenters. The van der Waals surface area contributed by atoms with Gasteiger partial charge in [-0.1, -0.05) is 6.07 Å². The molecule has 0 bridgehead atoms. The lowest BCUT2D eigenvalue weighted by Gasteiger charge is -1.98. The van der Waals surface area contributed by atoms with Crippen molar-refractivity contribution in [2.45, 2.75) is 12.8 Å². The van der Waals surface area contributed by atoms with E-state index in [9.17, 15) is 0 Å². The molecule has 0 amide bonds. The molecule has 0 fully saturated rings. The van der Waals surface area contributed by atoms with Crippen LogP contribution in [-0.2, 0) is 12.8 Å². The monoisotopic (exact) mass is 161 g/mol. The Labute approximate surface area is 71.5 Å². The van der Waals surface area contributed by atoms with Gasteiger partial charge in [0.05, 0.1) is 0 Å². The number of nitrogens with one attached hydrogen (secondary N) is 2. The van der Waals surface area contributed by atoms with Gasteiger partial charge in [0.15, 0.2) is 0 Å². The zero-order valence-electron chi connectivity index (χ0n) is 6.75. The van der Waals surface area contributed by atoms with Crippen LogP contribution in [-0.4, -0.2) is 17.4 Å². The van der Waals surface area contributed by atoms with Gasteiger partial charge in [0.1, 0.15) is 0 Å². The van der Waals surface area contributed by atoms with Crippen molar-refractivity contribution in [2.75, 3.05) is 0 Å². The van der Waals surface area contributed by atoms with E-state index >= 15 is 0 Å². The van der Waals surface area contributed by atoms with Crippen LogP contribution in [0.4, 0.5) is 0 Å². The van der Waals surface area contributed by atoms with Gasteiger partial charge in [-0.15, -0.1) is 0 Å². The molecule has 1 heterocycles. The van der Waals surface area contributed by atoms with Gasteiger partial charge in [-0.05, 0) is 12.1 Å². The van der Waals surface area contributed by atoms with E-state index < -0.39 is 0 Å². The molecule has 0 atom stereocenters.